The number of ether oxygens (including phenoxy) is 4. The van der Waals surface area contributed by atoms with Gasteiger partial charge in [-0.15, -0.1) is 0 Å². The van der Waals surface area contributed by atoms with Crippen LogP contribution in [0, 0.1) is 0 Å². The Morgan fingerprint density at radius 3 is 1.24 bits per heavy atom. The summed E-state index contributed by atoms with van der Waals surface area (Å²) >= 11 is 0. The SMILES string of the molecule is CC(C)(C)OC(=O)N1CCN(COCc2ccccc2)CCN(C(=O)OC(C)(C)C)CCN(C(=O)OC(C)(C)C)CC1. The first kappa shape index (κ1) is 35.1. The second kappa shape index (κ2) is 15.4. The van der Waals surface area contributed by atoms with Crippen LogP contribution in [0.5, 0.6) is 0 Å². The molecule has 1 fully saturated rings. The van der Waals surface area contributed by atoms with Crippen LogP contribution < -0.4 is 0 Å². The Kier molecular flexibility index (Phi) is 12.9. The number of carbonyl (C=O) groups excluding carboxylic acids is 3. The van der Waals surface area contributed by atoms with Crippen LogP contribution in [0.3, 0.4) is 0 Å². The summed E-state index contributed by atoms with van der Waals surface area (Å²) < 4.78 is 23.0. The number of nitrogens with zero attached hydrogens (tertiary/aromatic N) is 4. The minimum atomic E-state index is -0.698. The number of amides is 3. The molecular formula is C31H52N4O7. The van der Waals surface area contributed by atoms with Crippen LogP contribution in [0.2, 0.25) is 0 Å². The number of hydrogen-bond donors (Lipinski definition) is 0. The van der Waals surface area contributed by atoms with E-state index in [1.54, 1.807) is 30.6 Å². The lowest BCUT2D eigenvalue weighted by molar-refractivity contribution is -0.0103. The van der Waals surface area contributed by atoms with Gasteiger partial charge in [0.15, 0.2) is 0 Å². The van der Waals surface area contributed by atoms with Crippen LogP contribution in [0.1, 0.15) is 67.9 Å². The van der Waals surface area contributed by atoms with Gasteiger partial charge in [-0.05, 0) is 67.9 Å². The molecule has 1 aliphatic heterocycles. The third-order valence-electron chi connectivity index (χ3n) is 5.99. The molecule has 0 unspecified atom stereocenters. The van der Waals surface area contributed by atoms with Crippen molar-refractivity contribution in [1.29, 1.82) is 0 Å². The number of benzene rings is 1. The summed E-state index contributed by atoms with van der Waals surface area (Å²) in [5, 5.41) is 0. The van der Waals surface area contributed by atoms with Gasteiger partial charge in [0, 0.05) is 52.4 Å². The normalized spacial score (nSPS) is 16.7. The van der Waals surface area contributed by atoms with Crippen LogP contribution in [0.4, 0.5) is 14.4 Å². The van der Waals surface area contributed by atoms with Gasteiger partial charge in [0.2, 0.25) is 0 Å². The van der Waals surface area contributed by atoms with Crippen molar-refractivity contribution in [1.82, 2.24) is 19.6 Å². The highest BCUT2D eigenvalue weighted by atomic mass is 16.6. The first-order valence-electron chi connectivity index (χ1n) is 14.7. The largest absolute Gasteiger partial charge is 0.444 e. The average molecular weight is 593 g/mol. The summed E-state index contributed by atoms with van der Waals surface area (Å²) in [6.07, 6.45) is -1.42. The Morgan fingerprint density at radius 2 is 0.905 bits per heavy atom. The Balaban J connectivity index is 2.28. The fourth-order valence-corrected chi connectivity index (χ4v) is 3.98. The van der Waals surface area contributed by atoms with Gasteiger partial charge >= 0.3 is 18.3 Å². The average Bonchev–Trinajstić information content (AvgIpc) is 2.82. The van der Waals surface area contributed by atoms with Crippen molar-refractivity contribution in [2.75, 3.05) is 59.1 Å². The molecule has 0 atom stereocenters. The maximum Gasteiger partial charge on any atom is 0.410 e. The van der Waals surface area contributed by atoms with Crippen molar-refractivity contribution in [2.45, 2.75) is 85.7 Å². The molecule has 0 aromatic heterocycles. The zero-order valence-corrected chi connectivity index (χ0v) is 27.1. The van der Waals surface area contributed by atoms with Crippen molar-refractivity contribution in [3.63, 3.8) is 0 Å². The van der Waals surface area contributed by atoms with E-state index in [-0.39, 0.29) is 26.2 Å². The first-order chi connectivity index (χ1) is 19.4. The van der Waals surface area contributed by atoms with Gasteiger partial charge in [0.25, 0.3) is 0 Å². The van der Waals surface area contributed by atoms with E-state index in [4.69, 9.17) is 18.9 Å². The molecule has 0 N–H and O–H groups in total. The second-order valence-electron chi connectivity index (χ2n) is 13.5. The molecule has 1 aliphatic rings. The third-order valence-corrected chi connectivity index (χ3v) is 5.99. The fraction of sp³-hybridized carbons (Fsp3) is 0.710. The molecule has 0 saturated carbocycles. The van der Waals surface area contributed by atoms with Gasteiger partial charge in [0.05, 0.1) is 13.3 Å². The molecule has 11 nitrogen and oxygen atoms in total. The summed E-state index contributed by atoms with van der Waals surface area (Å²) in [5.41, 5.74) is -0.980. The van der Waals surface area contributed by atoms with Gasteiger partial charge in [-0.25, -0.2) is 14.4 Å². The van der Waals surface area contributed by atoms with Crippen molar-refractivity contribution in [3.8, 4) is 0 Å². The monoisotopic (exact) mass is 592 g/mol. The van der Waals surface area contributed by atoms with Crippen molar-refractivity contribution in [2.24, 2.45) is 0 Å². The predicted octanol–water partition coefficient (Wildman–Crippen LogP) is 5.19. The molecule has 1 heterocycles. The zero-order chi connectivity index (χ0) is 31.6. The minimum Gasteiger partial charge on any atom is -0.444 e. The smallest absolute Gasteiger partial charge is 0.410 e. The molecular weight excluding hydrogens is 540 g/mol. The number of carbonyl (C=O) groups is 3. The van der Waals surface area contributed by atoms with E-state index >= 15 is 0 Å². The van der Waals surface area contributed by atoms with Crippen LogP contribution >= 0.6 is 0 Å². The minimum absolute atomic E-state index is 0.209. The maximum atomic E-state index is 13.2. The molecule has 2 rings (SSSR count). The van der Waals surface area contributed by atoms with Crippen molar-refractivity contribution in [3.05, 3.63) is 35.9 Å². The van der Waals surface area contributed by atoms with E-state index in [0.717, 1.165) is 5.56 Å². The molecule has 0 spiro atoms. The highest BCUT2D eigenvalue weighted by Crippen LogP contribution is 2.15. The third kappa shape index (κ3) is 14.2. The molecule has 42 heavy (non-hydrogen) atoms. The van der Waals surface area contributed by atoms with Crippen molar-refractivity contribution < 1.29 is 33.3 Å². The van der Waals surface area contributed by atoms with Crippen LogP contribution in [0.15, 0.2) is 30.3 Å². The molecule has 1 aromatic rings. The lowest BCUT2D eigenvalue weighted by Crippen LogP contribution is -2.51. The fourth-order valence-electron chi connectivity index (χ4n) is 3.98. The number of hydrogen-bond acceptors (Lipinski definition) is 8. The van der Waals surface area contributed by atoms with E-state index in [1.807, 2.05) is 71.9 Å². The molecule has 3 amide bonds. The maximum absolute atomic E-state index is 13.2. The van der Waals surface area contributed by atoms with Gasteiger partial charge in [-0.1, -0.05) is 30.3 Å². The predicted molar refractivity (Wildman–Crippen MR) is 161 cm³/mol. The molecule has 0 bridgehead atoms. The summed E-state index contributed by atoms with van der Waals surface area (Å²) in [6.45, 7) is 19.6. The Bertz CT molecular complexity index is 955. The van der Waals surface area contributed by atoms with Gasteiger partial charge in [-0.2, -0.15) is 0 Å². The van der Waals surface area contributed by atoms with E-state index < -0.39 is 35.1 Å². The van der Waals surface area contributed by atoms with E-state index in [1.165, 1.54) is 4.90 Å². The molecule has 11 heteroatoms. The molecule has 0 radical (unpaired) electrons. The Hall–Kier alpha value is -3.05. The second-order valence-corrected chi connectivity index (χ2v) is 13.5. The highest BCUT2D eigenvalue weighted by Gasteiger charge is 2.29. The van der Waals surface area contributed by atoms with Gasteiger partial charge in [0.1, 0.15) is 16.8 Å². The number of rotatable bonds is 4. The topological polar surface area (TPSA) is 101 Å². The Labute approximate surface area is 252 Å². The quantitative estimate of drug-likeness (QED) is 0.441. The summed E-state index contributed by atoms with van der Waals surface area (Å²) in [4.78, 5) is 46.3. The molecule has 1 saturated heterocycles. The molecule has 1 aromatic carbocycles. The summed E-state index contributed by atoms with van der Waals surface area (Å²) in [6, 6.07) is 9.89. The van der Waals surface area contributed by atoms with Crippen LogP contribution in [-0.4, -0.2) is 114 Å². The molecule has 0 aliphatic carbocycles. The van der Waals surface area contributed by atoms with Crippen LogP contribution in [-0.2, 0) is 25.6 Å². The van der Waals surface area contributed by atoms with E-state index in [2.05, 4.69) is 4.90 Å². The van der Waals surface area contributed by atoms with Gasteiger partial charge < -0.3 is 33.6 Å². The Morgan fingerprint density at radius 1 is 0.571 bits per heavy atom. The lowest BCUT2D eigenvalue weighted by atomic mass is 10.2. The first-order valence-corrected chi connectivity index (χ1v) is 14.7. The molecule has 238 valence electrons. The van der Waals surface area contributed by atoms with Gasteiger partial charge in [-0.3, -0.25) is 4.90 Å². The summed E-state index contributed by atoms with van der Waals surface area (Å²) in [7, 11) is 0. The van der Waals surface area contributed by atoms with E-state index in [9.17, 15) is 14.4 Å². The van der Waals surface area contributed by atoms with Crippen molar-refractivity contribution >= 4 is 18.3 Å². The summed E-state index contributed by atoms with van der Waals surface area (Å²) in [5.74, 6) is 0. The highest BCUT2D eigenvalue weighted by molar-refractivity contribution is 5.70. The lowest BCUT2D eigenvalue weighted by Gasteiger charge is -2.35. The standard InChI is InChI=1S/C31H52N4O7/c1-29(2,3)40-26(36)33-17-15-32(24-39-23-25-13-11-10-12-14-25)16-18-34(27(37)41-30(4,5)6)20-22-35(21-19-33)28(38)42-31(7,8)9/h10-14H,15-24H2,1-9H3. The van der Waals surface area contributed by atoms with E-state index in [0.29, 0.717) is 39.5 Å². The van der Waals surface area contributed by atoms with Crippen LogP contribution in [0.25, 0.3) is 0 Å². The zero-order valence-electron chi connectivity index (χ0n) is 27.1.